The molecular weight excluding hydrogens is 243 g/mol. The fourth-order valence-corrected chi connectivity index (χ4v) is 2.13. The first-order valence-corrected chi connectivity index (χ1v) is 5.82. The number of nitrogens with one attached hydrogen (secondary N) is 1. The molecule has 1 aromatic rings. The average molecular weight is 261 g/mol. The minimum atomic E-state index is 0. The van der Waals surface area contributed by atoms with E-state index in [-0.39, 0.29) is 12.4 Å². The summed E-state index contributed by atoms with van der Waals surface area (Å²) in [5.74, 6) is 0. The van der Waals surface area contributed by atoms with Crippen molar-refractivity contribution >= 4 is 24.0 Å². The van der Waals surface area contributed by atoms with Gasteiger partial charge in [-0.05, 0) is 24.6 Å². The molecule has 1 aliphatic heterocycles. The highest BCUT2D eigenvalue weighted by molar-refractivity contribution is 6.30. The van der Waals surface area contributed by atoms with Gasteiger partial charge in [-0.15, -0.1) is 12.4 Å². The van der Waals surface area contributed by atoms with Gasteiger partial charge in [-0.2, -0.15) is 0 Å². The number of halogens is 2. The molecule has 90 valence electrons. The molecule has 1 N–H and O–H groups in total. The van der Waals surface area contributed by atoms with Gasteiger partial charge in [0.05, 0.1) is 0 Å². The van der Waals surface area contributed by atoms with E-state index in [1.807, 2.05) is 12.1 Å². The van der Waals surface area contributed by atoms with Crippen LogP contribution in [0.25, 0.3) is 0 Å². The summed E-state index contributed by atoms with van der Waals surface area (Å²) in [6.07, 6.45) is 0. The van der Waals surface area contributed by atoms with Gasteiger partial charge in [0, 0.05) is 37.2 Å². The Hall–Kier alpha value is -0.280. The summed E-state index contributed by atoms with van der Waals surface area (Å²) in [4.78, 5) is 2.48. The first-order chi connectivity index (χ1) is 7.24. The van der Waals surface area contributed by atoms with Crippen molar-refractivity contribution in [2.75, 3.05) is 19.6 Å². The van der Waals surface area contributed by atoms with E-state index in [9.17, 15) is 0 Å². The second-order valence-electron chi connectivity index (χ2n) is 4.22. The molecule has 0 aliphatic carbocycles. The highest BCUT2D eigenvalue weighted by Gasteiger charge is 2.15. The number of hydrogen-bond donors (Lipinski definition) is 1. The minimum Gasteiger partial charge on any atom is -0.312 e. The third-order valence-electron chi connectivity index (χ3n) is 2.77. The van der Waals surface area contributed by atoms with Crippen LogP contribution in [-0.4, -0.2) is 30.6 Å². The van der Waals surface area contributed by atoms with Crippen LogP contribution in [0.2, 0.25) is 5.02 Å². The van der Waals surface area contributed by atoms with Crippen molar-refractivity contribution in [1.29, 1.82) is 0 Å². The van der Waals surface area contributed by atoms with E-state index in [0.717, 1.165) is 31.2 Å². The highest BCUT2D eigenvalue weighted by Crippen LogP contribution is 2.12. The Kier molecular flexibility index (Phi) is 5.56. The zero-order valence-corrected chi connectivity index (χ0v) is 11.0. The molecule has 2 rings (SSSR count). The molecule has 4 heteroatoms. The summed E-state index contributed by atoms with van der Waals surface area (Å²) >= 11 is 5.85. The van der Waals surface area contributed by atoms with E-state index in [1.165, 1.54) is 5.56 Å². The number of benzene rings is 1. The molecule has 1 heterocycles. The van der Waals surface area contributed by atoms with Crippen LogP contribution in [-0.2, 0) is 6.54 Å². The van der Waals surface area contributed by atoms with Crippen LogP contribution in [0.4, 0.5) is 0 Å². The Labute approximate surface area is 108 Å². The Morgan fingerprint density at radius 3 is 2.69 bits per heavy atom. The molecule has 2 nitrogen and oxygen atoms in total. The zero-order valence-electron chi connectivity index (χ0n) is 9.45. The second-order valence-corrected chi connectivity index (χ2v) is 4.65. The molecule has 0 saturated carbocycles. The molecule has 0 bridgehead atoms. The number of rotatable bonds is 2. The Morgan fingerprint density at radius 2 is 2.06 bits per heavy atom. The first-order valence-electron chi connectivity index (χ1n) is 5.44. The van der Waals surface area contributed by atoms with Gasteiger partial charge in [0.25, 0.3) is 0 Å². The van der Waals surface area contributed by atoms with Gasteiger partial charge in [0.15, 0.2) is 0 Å². The topological polar surface area (TPSA) is 15.3 Å². The van der Waals surface area contributed by atoms with E-state index in [4.69, 9.17) is 11.6 Å². The fraction of sp³-hybridized carbons (Fsp3) is 0.500. The predicted molar refractivity (Wildman–Crippen MR) is 71.4 cm³/mol. The molecule has 16 heavy (non-hydrogen) atoms. The van der Waals surface area contributed by atoms with Gasteiger partial charge in [-0.25, -0.2) is 0 Å². The molecular formula is C12H18Cl2N2. The van der Waals surface area contributed by atoms with Gasteiger partial charge in [-0.3, -0.25) is 4.90 Å². The smallest absolute Gasteiger partial charge is 0.0406 e. The van der Waals surface area contributed by atoms with Crippen molar-refractivity contribution in [2.45, 2.75) is 19.5 Å². The second kappa shape index (κ2) is 6.45. The van der Waals surface area contributed by atoms with Crippen molar-refractivity contribution < 1.29 is 0 Å². The van der Waals surface area contributed by atoms with Gasteiger partial charge in [0.2, 0.25) is 0 Å². The standard InChI is InChI=1S/C12H17ClN2.ClH/c1-10-8-15(7-6-14-10)9-11-2-4-12(13)5-3-11;/h2-5,10,14H,6-9H2,1H3;1H. The molecule has 0 spiro atoms. The van der Waals surface area contributed by atoms with Gasteiger partial charge < -0.3 is 5.32 Å². The minimum absolute atomic E-state index is 0. The lowest BCUT2D eigenvalue weighted by Crippen LogP contribution is -2.48. The monoisotopic (exact) mass is 260 g/mol. The van der Waals surface area contributed by atoms with Crippen molar-refractivity contribution in [3.8, 4) is 0 Å². The summed E-state index contributed by atoms with van der Waals surface area (Å²) in [5.41, 5.74) is 1.34. The first kappa shape index (κ1) is 13.8. The molecule has 0 amide bonds. The van der Waals surface area contributed by atoms with Crippen molar-refractivity contribution in [3.63, 3.8) is 0 Å². The van der Waals surface area contributed by atoms with Crippen molar-refractivity contribution in [3.05, 3.63) is 34.9 Å². The van der Waals surface area contributed by atoms with Crippen molar-refractivity contribution in [1.82, 2.24) is 10.2 Å². The van der Waals surface area contributed by atoms with Crippen LogP contribution < -0.4 is 5.32 Å². The molecule has 1 fully saturated rings. The lowest BCUT2D eigenvalue weighted by Gasteiger charge is -2.31. The van der Waals surface area contributed by atoms with Crippen LogP contribution in [0, 0.1) is 0 Å². The van der Waals surface area contributed by atoms with E-state index in [0.29, 0.717) is 6.04 Å². The van der Waals surface area contributed by atoms with Crippen LogP contribution in [0.1, 0.15) is 12.5 Å². The lowest BCUT2D eigenvalue weighted by atomic mass is 10.1. The van der Waals surface area contributed by atoms with E-state index < -0.39 is 0 Å². The average Bonchev–Trinajstić information content (AvgIpc) is 2.22. The molecule has 0 aromatic heterocycles. The quantitative estimate of drug-likeness (QED) is 0.880. The summed E-state index contributed by atoms with van der Waals surface area (Å²) in [6.45, 7) is 6.61. The molecule has 1 saturated heterocycles. The highest BCUT2D eigenvalue weighted by atomic mass is 35.5. The summed E-state index contributed by atoms with van der Waals surface area (Å²) in [6, 6.07) is 8.74. The third-order valence-corrected chi connectivity index (χ3v) is 3.02. The maximum Gasteiger partial charge on any atom is 0.0406 e. The number of hydrogen-bond acceptors (Lipinski definition) is 2. The number of nitrogens with zero attached hydrogens (tertiary/aromatic N) is 1. The maximum atomic E-state index is 5.85. The van der Waals surface area contributed by atoms with Gasteiger partial charge >= 0.3 is 0 Å². The summed E-state index contributed by atoms with van der Waals surface area (Å²) in [5, 5.41) is 4.26. The van der Waals surface area contributed by atoms with Crippen LogP contribution >= 0.6 is 24.0 Å². The molecule has 1 aliphatic rings. The Balaban J connectivity index is 0.00000128. The lowest BCUT2D eigenvalue weighted by molar-refractivity contribution is 0.199. The zero-order chi connectivity index (χ0) is 10.7. The molecule has 1 aromatic carbocycles. The molecule has 1 atom stereocenters. The third kappa shape index (κ3) is 3.95. The maximum absolute atomic E-state index is 5.85. The van der Waals surface area contributed by atoms with Gasteiger partial charge in [0.1, 0.15) is 0 Å². The predicted octanol–water partition coefficient (Wildman–Crippen LogP) is 2.56. The summed E-state index contributed by atoms with van der Waals surface area (Å²) in [7, 11) is 0. The van der Waals surface area contributed by atoms with Crippen LogP contribution in [0.15, 0.2) is 24.3 Å². The van der Waals surface area contributed by atoms with Crippen LogP contribution in [0.5, 0.6) is 0 Å². The normalized spacial score (nSPS) is 21.5. The molecule has 1 unspecified atom stereocenters. The molecule has 0 radical (unpaired) electrons. The van der Waals surface area contributed by atoms with Gasteiger partial charge in [-0.1, -0.05) is 23.7 Å². The van der Waals surface area contributed by atoms with E-state index in [1.54, 1.807) is 0 Å². The Bertz CT molecular complexity index is 313. The Morgan fingerprint density at radius 1 is 1.38 bits per heavy atom. The SMILES string of the molecule is CC1CN(Cc2ccc(Cl)cc2)CCN1.Cl. The van der Waals surface area contributed by atoms with Crippen molar-refractivity contribution in [2.24, 2.45) is 0 Å². The number of piperazine rings is 1. The van der Waals surface area contributed by atoms with Crippen LogP contribution in [0.3, 0.4) is 0 Å². The summed E-state index contributed by atoms with van der Waals surface area (Å²) < 4.78 is 0. The fourth-order valence-electron chi connectivity index (χ4n) is 2.00. The van der Waals surface area contributed by atoms with E-state index in [2.05, 4.69) is 29.3 Å². The van der Waals surface area contributed by atoms with E-state index >= 15 is 0 Å². The largest absolute Gasteiger partial charge is 0.312 e.